The lowest BCUT2D eigenvalue weighted by molar-refractivity contribution is -0.139. The van der Waals surface area contributed by atoms with Crippen molar-refractivity contribution in [1.29, 1.82) is 0 Å². The van der Waals surface area contributed by atoms with Crippen molar-refractivity contribution in [2.45, 2.75) is 57.0 Å². The fourth-order valence-electron chi connectivity index (χ4n) is 6.09. The number of fused-ring (bicyclic) bond motifs is 1. The molecule has 140 valence electrons. The molecular formula is C19H26N4O2S. The number of nitrogens with zero attached hydrogens (tertiary/aromatic N) is 2. The quantitative estimate of drug-likeness (QED) is 0.778. The third-order valence-electron chi connectivity index (χ3n) is 6.77. The Morgan fingerprint density at radius 2 is 1.77 bits per heavy atom. The molecule has 0 radical (unpaired) electrons. The molecule has 1 aliphatic heterocycles. The van der Waals surface area contributed by atoms with Crippen molar-refractivity contribution in [3.05, 3.63) is 10.6 Å². The van der Waals surface area contributed by atoms with E-state index >= 15 is 0 Å². The number of likely N-dealkylation sites (N-methyl/N-ethyl adjacent to an activating group) is 1. The van der Waals surface area contributed by atoms with Crippen molar-refractivity contribution in [1.82, 2.24) is 15.2 Å². The lowest BCUT2D eigenvalue weighted by Crippen LogP contribution is -2.61. The van der Waals surface area contributed by atoms with Crippen LogP contribution < -0.4 is 10.6 Å². The van der Waals surface area contributed by atoms with Gasteiger partial charge in [0.25, 0.3) is 0 Å². The van der Waals surface area contributed by atoms with Crippen LogP contribution in [0.25, 0.3) is 0 Å². The smallest absolute Gasteiger partial charge is 0.315 e. The van der Waals surface area contributed by atoms with E-state index in [0.717, 1.165) is 62.2 Å². The van der Waals surface area contributed by atoms with Crippen molar-refractivity contribution in [2.24, 2.45) is 17.8 Å². The van der Waals surface area contributed by atoms with Crippen LogP contribution in [-0.2, 0) is 22.6 Å². The van der Waals surface area contributed by atoms with Crippen molar-refractivity contribution >= 4 is 28.3 Å². The summed E-state index contributed by atoms with van der Waals surface area (Å²) in [6.07, 6.45) is 8.01. The first kappa shape index (κ1) is 16.7. The standard InChI is InChI=1S/C19H26N4O2S/c1-23-3-2-14-15(10-23)26-18(20-14)21-16(24)17(25)22-19-7-11-4-12(8-19)6-13(5-11)9-19/h11-13H,2-10H2,1H3,(H,22,25)(H,20,21,24). The zero-order valence-electron chi connectivity index (χ0n) is 15.2. The molecule has 5 aliphatic rings. The highest BCUT2D eigenvalue weighted by Gasteiger charge is 2.51. The fraction of sp³-hybridized carbons (Fsp3) is 0.737. The molecule has 2 N–H and O–H groups in total. The summed E-state index contributed by atoms with van der Waals surface area (Å²) in [6, 6.07) is 0. The number of carbonyl (C=O) groups is 2. The molecule has 6 rings (SSSR count). The monoisotopic (exact) mass is 374 g/mol. The molecule has 6 nitrogen and oxygen atoms in total. The molecule has 4 aliphatic carbocycles. The zero-order chi connectivity index (χ0) is 17.9. The highest BCUT2D eigenvalue weighted by Crippen LogP contribution is 2.55. The predicted octanol–water partition coefficient (Wildman–Crippen LogP) is 2.15. The normalized spacial score (nSPS) is 35.2. The van der Waals surface area contributed by atoms with E-state index in [1.807, 2.05) is 0 Å². The number of amides is 2. The number of carbonyl (C=O) groups excluding carboxylic acids is 2. The highest BCUT2D eigenvalue weighted by molar-refractivity contribution is 7.16. The number of hydrogen-bond acceptors (Lipinski definition) is 5. The van der Waals surface area contributed by atoms with Crippen molar-refractivity contribution in [3.63, 3.8) is 0 Å². The van der Waals surface area contributed by atoms with Gasteiger partial charge in [-0.05, 0) is 63.3 Å². The Labute approximate surface area is 157 Å². The van der Waals surface area contributed by atoms with Gasteiger partial charge in [-0.25, -0.2) is 4.98 Å². The number of thiazole rings is 1. The summed E-state index contributed by atoms with van der Waals surface area (Å²) in [7, 11) is 2.08. The number of aromatic nitrogens is 1. The van der Waals surface area contributed by atoms with Crippen LogP contribution in [0.5, 0.6) is 0 Å². The maximum atomic E-state index is 12.6. The Bertz CT molecular complexity index is 723. The average Bonchev–Trinajstić information content (AvgIpc) is 2.94. The zero-order valence-corrected chi connectivity index (χ0v) is 16.0. The van der Waals surface area contributed by atoms with E-state index in [2.05, 4.69) is 27.6 Å². The third-order valence-corrected chi connectivity index (χ3v) is 7.76. The molecule has 7 heteroatoms. The van der Waals surface area contributed by atoms with Crippen LogP contribution in [-0.4, -0.2) is 40.8 Å². The fourth-order valence-corrected chi connectivity index (χ4v) is 7.18. The molecule has 2 amide bonds. The van der Waals surface area contributed by atoms with Gasteiger partial charge in [0.2, 0.25) is 0 Å². The van der Waals surface area contributed by atoms with Crippen LogP contribution in [0.3, 0.4) is 0 Å². The average molecular weight is 375 g/mol. The summed E-state index contributed by atoms with van der Waals surface area (Å²) in [4.78, 5) is 33.0. The largest absolute Gasteiger partial charge is 0.342 e. The van der Waals surface area contributed by atoms with Gasteiger partial charge in [0.1, 0.15) is 0 Å². The number of anilines is 1. The maximum absolute atomic E-state index is 12.6. The third kappa shape index (κ3) is 2.95. The van der Waals surface area contributed by atoms with Crippen molar-refractivity contribution in [2.75, 3.05) is 18.9 Å². The van der Waals surface area contributed by atoms with E-state index in [4.69, 9.17) is 0 Å². The van der Waals surface area contributed by atoms with Gasteiger partial charge < -0.3 is 10.2 Å². The van der Waals surface area contributed by atoms with Crippen LogP contribution in [0.4, 0.5) is 5.13 Å². The summed E-state index contributed by atoms with van der Waals surface area (Å²) < 4.78 is 0. The van der Waals surface area contributed by atoms with Gasteiger partial charge in [0.15, 0.2) is 5.13 Å². The highest BCUT2D eigenvalue weighted by atomic mass is 32.1. The maximum Gasteiger partial charge on any atom is 0.315 e. The molecule has 4 saturated carbocycles. The minimum atomic E-state index is -0.569. The molecule has 2 heterocycles. The Kier molecular flexibility index (Phi) is 3.87. The predicted molar refractivity (Wildman–Crippen MR) is 99.8 cm³/mol. The minimum Gasteiger partial charge on any atom is -0.342 e. The van der Waals surface area contributed by atoms with Crippen LogP contribution in [0, 0.1) is 17.8 Å². The molecule has 0 spiro atoms. The number of hydrogen-bond donors (Lipinski definition) is 2. The van der Waals surface area contributed by atoms with Gasteiger partial charge in [-0.1, -0.05) is 0 Å². The molecule has 4 bridgehead atoms. The van der Waals surface area contributed by atoms with Gasteiger partial charge in [-0.2, -0.15) is 0 Å². The first-order chi connectivity index (χ1) is 12.5. The van der Waals surface area contributed by atoms with E-state index in [9.17, 15) is 9.59 Å². The summed E-state index contributed by atoms with van der Waals surface area (Å²) in [5.74, 6) is 1.17. The molecular weight excluding hydrogens is 348 g/mol. The molecule has 4 fully saturated rings. The van der Waals surface area contributed by atoms with Gasteiger partial charge >= 0.3 is 11.8 Å². The lowest BCUT2D eigenvalue weighted by Gasteiger charge is -2.56. The van der Waals surface area contributed by atoms with Crippen LogP contribution in [0.15, 0.2) is 0 Å². The molecule has 1 aromatic rings. The van der Waals surface area contributed by atoms with E-state index in [-0.39, 0.29) is 5.54 Å². The second-order valence-electron chi connectivity index (χ2n) is 8.98. The second kappa shape index (κ2) is 6.02. The first-order valence-electron chi connectivity index (χ1n) is 9.79. The van der Waals surface area contributed by atoms with Crippen molar-refractivity contribution in [3.8, 4) is 0 Å². The molecule has 1 aromatic heterocycles. The van der Waals surface area contributed by atoms with Gasteiger partial charge in [-0.3, -0.25) is 14.9 Å². The Morgan fingerprint density at radius 1 is 1.12 bits per heavy atom. The van der Waals surface area contributed by atoms with E-state index in [0.29, 0.717) is 5.13 Å². The number of nitrogens with one attached hydrogen (secondary N) is 2. The van der Waals surface area contributed by atoms with E-state index in [1.165, 1.54) is 35.5 Å². The lowest BCUT2D eigenvalue weighted by atomic mass is 9.53. The molecule has 0 saturated heterocycles. The number of rotatable bonds is 2. The van der Waals surface area contributed by atoms with Crippen molar-refractivity contribution < 1.29 is 9.59 Å². The van der Waals surface area contributed by atoms with E-state index in [1.54, 1.807) is 0 Å². The Hall–Kier alpha value is -1.47. The summed E-state index contributed by atoms with van der Waals surface area (Å²) in [5, 5.41) is 6.42. The van der Waals surface area contributed by atoms with Gasteiger partial charge in [-0.15, -0.1) is 11.3 Å². The van der Waals surface area contributed by atoms with Gasteiger partial charge in [0, 0.05) is 29.9 Å². The van der Waals surface area contributed by atoms with E-state index < -0.39 is 11.8 Å². The molecule has 0 atom stereocenters. The first-order valence-corrected chi connectivity index (χ1v) is 10.6. The summed E-state index contributed by atoms with van der Waals surface area (Å²) in [6.45, 7) is 1.85. The van der Waals surface area contributed by atoms with Crippen LogP contribution in [0.2, 0.25) is 0 Å². The summed E-state index contributed by atoms with van der Waals surface area (Å²) >= 11 is 1.49. The topological polar surface area (TPSA) is 74.3 Å². The van der Waals surface area contributed by atoms with Gasteiger partial charge in [0.05, 0.1) is 5.69 Å². The van der Waals surface area contributed by atoms with Crippen LogP contribution >= 0.6 is 11.3 Å². The minimum absolute atomic E-state index is 0.131. The summed E-state index contributed by atoms with van der Waals surface area (Å²) in [5.41, 5.74) is 0.929. The molecule has 0 unspecified atom stereocenters. The second-order valence-corrected chi connectivity index (χ2v) is 10.1. The Morgan fingerprint density at radius 3 is 2.42 bits per heavy atom. The molecule has 26 heavy (non-hydrogen) atoms. The van der Waals surface area contributed by atoms with Crippen LogP contribution in [0.1, 0.15) is 49.1 Å². The Balaban J connectivity index is 1.24. The SMILES string of the molecule is CN1CCc2nc(NC(=O)C(=O)NC34CC5CC(CC(C5)C3)C4)sc2C1. The molecule has 0 aromatic carbocycles.